The molecule has 1 nitrogen and oxygen atoms in total. The van der Waals surface area contributed by atoms with Crippen LogP contribution in [0.4, 0.5) is 0 Å². The molecule has 1 aliphatic carbocycles. The van der Waals surface area contributed by atoms with Gasteiger partial charge in [-0.1, -0.05) is 24.3 Å². The fourth-order valence-electron chi connectivity index (χ4n) is 1.41. The average Bonchev–Trinajstić information content (AvgIpc) is 2.46. The van der Waals surface area contributed by atoms with Gasteiger partial charge in [0.15, 0.2) is 5.78 Å². The Labute approximate surface area is 71.7 Å². The smallest absolute Gasteiger partial charge is 0.156 e. The van der Waals surface area contributed by atoms with Gasteiger partial charge in [-0.05, 0) is 24.1 Å². The molecule has 59 valence electrons. The maximum Gasteiger partial charge on any atom is 0.156 e. The Morgan fingerprint density at radius 2 is 2.17 bits per heavy atom. The molecule has 0 unspecified atom stereocenters. The summed E-state index contributed by atoms with van der Waals surface area (Å²) in [5.41, 5.74) is 3.08. The second kappa shape index (κ2) is 2.59. The van der Waals surface area contributed by atoms with Crippen molar-refractivity contribution in [3.05, 3.63) is 47.0 Å². The van der Waals surface area contributed by atoms with Gasteiger partial charge in [-0.25, -0.2) is 0 Å². The molecule has 0 heterocycles. The lowest BCUT2D eigenvalue weighted by molar-refractivity contribution is -0.113. The van der Waals surface area contributed by atoms with E-state index >= 15 is 0 Å². The van der Waals surface area contributed by atoms with Crippen molar-refractivity contribution >= 4 is 5.78 Å². The third kappa shape index (κ3) is 1.07. The minimum atomic E-state index is 0.131. The minimum absolute atomic E-state index is 0.131. The summed E-state index contributed by atoms with van der Waals surface area (Å²) in [5, 5.41) is 0. The molecular weight excluding hydrogens is 148 g/mol. The summed E-state index contributed by atoms with van der Waals surface area (Å²) in [6.45, 7) is 1.59. The first kappa shape index (κ1) is 7.29. The van der Waals surface area contributed by atoms with Gasteiger partial charge in [0.25, 0.3) is 0 Å². The number of hydrogen-bond donors (Lipinski definition) is 0. The van der Waals surface area contributed by atoms with E-state index in [0.717, 1.165) is 17.6 Å². The van der Waals surface area contributed by atoms with E-state index < -0.39 is 0 Å². The summed E-state index contributed by atoms with van der Waals surface area (Å²) < 4.78 is 0. The number of rotatable bonds is 1. The minimum Gasteiger partial charge on any atom is -0.295 e. The topological polar surface area (TPSA) is 17.1 Å². The number of hydrogen-bond acceptors (Lipinski definition) is 1. The lowest BCUT2D eigenvalue weighted by atomic mass is 10.1. The molecule has 1 aliphatic rings. The molecule has 1 radical (unpaired) electrons. The first-order valence-corrected chi connectivity index (χ1v) is 3.99. The Morgan fingerprint density at radius 1 is 1.42 bits per heavy atom. The standard InChI is InChI=1S/C11H9O/c1-8(12)11-6-9-4-2-3-5-10(9)7-11/h2-5H,6H2,1H3. The van der Waals surface area contributed by atoms with Gasteiger partial charge in [-0.15, -0.1) is 0 Å². The Bertz CT molecular complexity index is 361. The van der Waals surface area contributed by atoms with Crippen LogP contribution >= 0.6 is 0 Å². The zero-order valence-corrected chi connectivity index (χ0v) is 6.92. The first-order chi connectivity index (χ1) is 5.77. The van der Waals surface area contributed by atoms with Crippen LogP contribution in [0.5, 0.6) is 0 Å². The van der Waals surface area contributed by atoms with Gasteiger partial charge in [-0.3, -0.25) is 4.79 Å². The lowest BCUT2D eigenvalue weighted by Crippen LogP contribution is -1.95. The molecule has 0 aliphatic heterocycles. The van der Waals surface area contributed by atoms with Gasteiger partial charge in [0.2, 0.25) is 0 Å². The fraction of sp³-hybridized carbons (Fsp3) is 0.182. The maximum absolute atomic E-state index is 11.0. The maximum atomic E-state index is 11.0. The molecule has 0 bridgehead atoms. The summed E-state index contributed by atoms with van der Waals surface area (Å²) >= 11 is 0. The number of ketones is 1. The molecule has 1 heteroatoms. The second-order valence-corrected chi connectivity index (χ2v) is 2.99. The van der Waals surface area contributed by atoms with Crippen LogP contribution in [0.2, 0.25) is 0 Å². The fourth-order valence-corrected chi connectivity index (χ4v) is 1.41. The third-order valence-electron chi connectivity index (χ3n) is 2.10. The molecule has 0 spiro atoms. The van der Waals surface area contributed by atoms with Crippen molar-refractivity contribution in [2.24, 2.45) is 0 Å². The summed E-state index contributed by atoms with van der Waals surface area (Å²) in [7, 11) is 0. The van der Waals surface area contributed by atoms with Gasteiger partial charge in [0.05, 0.1) is 0 Å². The van der Waals surface area contributed by atoms with Gasteiger partial charge in [0.1, 0.15) is 0 Å². The largest absolute Gasteiger partial charge is 0.295 e. The molecular formula is C11H9O. The number of carbonyl (C=O) groups is 1. The van der Waals surface area contributed by atoms with Crippen LogP contribution in [-0.4, -0.2) is 5.78 Å². The van der Waals surface area contributed by atoms with Gasteiger partial charge >= 0.3 is 0 Å². The van der Waals surface area contributed by atoms with Crippen LogP contribution in [0.15, 0.2) is 29.8 Å². The van der Waals surface area contributed by atoms with Crippen LogP contribution in [0.25, 0.3) is 0 Å². The second-order valence-electron chi connectivity index (χ2n) is 2.99. The predicted molar refractivity (Wildman–Crippen MR) is 46.7 cm³/mol. The number of fused-ring (bicyclic) bond motifs is 1. The molecule has 12 heavy (non-hydrogen) atoms. The molecule has 1 aromatic rings. The van der Waals surface area contributed by atoms with Crippen LogP contribution in [0.3, 0.4) is 0 Å². The molecule has 0 saturated carbocycles. The quantitative estimate of drug-likeness (QED) is 0.608. The van der Waals surface area contributed by atoms with Crippen LogP contribution in [-0.2, 0) is 11.2 Å². The number of carbonyl (C=O) groups excluding carboxylic acids is 1. The molecule has 0 aromatic heterocycles. The number of benzene rings is 1. The van der Waals surface area contributed by atoms with E-state index in [2.05, 4.69) is 6.08 Å². The van der Waals surface area contributed by atoms with Gasteiger partial charge < -0.3 is 0 Å². The first-order valence-electron chi connectivity index (χ1n) is 3.99. The highest BCUT2D eigenvalue weighted by molar-refractivity contribution is 5.94. The van der Waals surface area contributed by atoms with E-state index in [4.69, 9.17) is 0 Å². The lowest BCUT2D eigenvalue weighted by Gasteiger charge is -1.94. The molecule has 0 fully saturated rings. The van der Waals surface area contributed by atoms with Crippen molar-refractivity contribution in [3.63, 3.8) is 0 Å². The van der Waals surface area contributed by atoms with E-state index in [9.17, 15) is 4.79 Å². The van der Waals surface area contributed by atoms with Crippen molar-refractivity contribution in [2.75, 3.05) is 0 Å². The van der Waals surface area contributed by atoms with Crippen LogP contribution < -0.4 is 0 Å². The van der Waals surface area contributed by atoms with Crippen molar-refractivity contribution in [3.8, 4) is 0 Å². The molecule has 1 aromatic carbocycles. The highest BCUT2D eigenvalue weighted by atomic mass is 16.1. The average molecular weight is 157 g/mol. The van der Waals surface area contributed by atoms with Crippen molar-refractivity contribution in [1.82, 2.24) is 0 Å². The van der Waals surface area contributed by atoms with Crippen molar-refractivity contribution in [1.29, 1.82) is 0 Å². The third-order valence-corrected chi connectivity index (χ3v) is 2.10. The summed E-state index contributed by atoms with van der Waals surface area (Å²) in [6.07, 6.45) is 3.86. The van der Waals surface area contributed by atoms with E-state index in [1.807, 2.05) is 24.3 Å². The molecule has 0 amide bonds. The molecule has 2 rings (SSSR count). The normalized spacial score (nSPS) is 13.9. The zero-order valence-electron chi connectivity index (χ0n) is 6.92. The summed E-state index contributed by atoms with van der Waals surface area (Å²) in [4.78, 5) is 11.0. The molecule has 0 atom stereocenters. The van der Waals surface area contributed by atoms with E-state index in [1.54, 1.807) is 6.92 Å². The van der Waals surface area contributed by atoms with Gasteiger partial charge in [-0.2, -0.15) is 0 Å². The van der Waals surface area contributed by atoms with Crippen molar-refractivity contribution < 1.29 is 4.79 Å². The zero-order chi connectivity index (χ0) is 8.55. The summed E-state index contributed by atoms with van der Waals surface area (Å²) in [6, 6.07) is 7.99. The Morgan fingerprint density at radius 3 is 2.83 bits per heavy atom. The van der Waals surface area contributed by atoms with E-state index in [-0.39, 0.29) is 5.78 Å². The van der Waals surface area contributed by atoms with Gasteiger partial charge in [0, 0.05) is 12.0 Å². The van der Waals surface area contributed by atoms with Crippen molar-refractivity contribution in [2.45, 2.75) is 13.3 Å². The Balaban J connectivity index is 2.41. The molecule has 0 N–H and O–H groups in total. The number of allylic oxidation sites excluding steroid dienone is 1. The summed E-state index contributed by atoms with van der Waals surface area (Å²) in [5.74, 6) is 0.131. The van der Waals surface area contributed by atoms with Crippen LogP contribution in [0.1, 0.15) is 18.1 Å². The Kier molecular flexibility index (Phi) is 1.58. The Hall–Kier alpha value is -1.37. The predicted octanol–water partition coefficient (Wildman–Crippen LogP) is 1.91. The highest BCUT2D eigenvalue weighted by Crippen LogP contribution is 2.22. The van der Waals surface area contributed by atoms with Crippen LogP contribution in [0, 0.1) is 6.08 Å². The SMILES string of the molecule is CC(=O)C1=[C]c2ccccc2C1. The highest BCUT2D eigenvalue weighted by Gasteiger charge is 2.14. The van der Waals surface area contributed by atoms with E-state index in [0.29, 0.717) is 0 Å². The molecule has 0 saturated heterocycles. The van der Waals surface area contributed by atoms with E-state index in [1.165, 1.54) is 5.56 Å². The number of Topliss-reactive ketones (excluding diaryl/α,β-unsaturated/α-hetero) is 1. The monoisotopic (exact) mass is 157 g/mol.